The van der Waals surface area contributed by atoms with Crippen LogP contribution in [-0.2, 0) is 30.8 Å². The van der Waals surface area contributed by atoms with E-state index in [0.29, 0.717) is 0 Å². The molecule has 0 aromatic heterocycles. The summed E-state index contributed by atoms with van der Waals surface area (Å²) in [5, 5.41) is 0. The summed E-state index contributed by atoms with van der Waals surface area (Å²) in [5.41, 5.74) is 0. The van der Waals surface area contributed by atoms with Gasteiger partial charge in [-0.1, -0.05) is 0 Å². The van der Waals surface area contributed by atoms with Crippen molar-refractivity contribution in [1.29, 1.82) is 0 Å². The van der Waals surface area contributed by atoms with Gasteiger partial charge in [-0.05, 0) is 0 Å². The zero-order valence-corrected chi connectivity index (χ0v) is 6.20. The molecule has 0 bridgehead atoms. The van der Waals surface area contributed by atoms with Crippen molar-refractivity contribution in [2.45, 2.75) is 0 Å². The molecule has 0 amide bonds. The van der Waals surface area contributed by atoms with Crippen LogP contribution in [0.2, 0.25) is 0 Å². The van der Waals surface area contributed by atoms with Crippen molar-refractivity contribution in [3.05, 3.63) is 0 Å². The number of rotatable bonds is 0. The molecule has 0 atom stereocenters. The van der Waals surface area contributed by atoms with E-state index in [1.54, 1.807) is 0 Å². The second-order valence-corrected chi connectivity index (χ2v) is 0.692. The third-order valence-corrected chi connectivity index (χ3v) is 0. The SMILES string of the molecule is O=S(O)O.[AlH3].[Zn]. The first-order valence-electron chi connectivity index (χ1n) is 0.532. The first-order chi connectivity index (χ1) is 1.73. The maximum Gasteiger partial charge on any atom is 0.299 e. The number of hydrogen-bond acceptors (Lipinski definition) is 1. The molecule has 0 aliphatic rings. The Morgan fingerprint density at radius 3 is 1.33 bits per heavy atom. The second-order valence-electron chi connectivity index (χ2n) is 0.231. The summed E-state index contributed by atoms with van der Waals surface area (Å²) in [6, 6.07) is 0. The molecule has 0 radical (unpaired) electrons. The average molecular weight is 177 g/mol. The molecule has 0 aliphatic carbocycles. The van der Waals surface area contributed by atoms with Crippen LogP contribution in [0.15, 0.2) is 0 Å². The van der Waals surface area contributed by atoms with E-state index >= 15 is 0 Å². The van der Waals surface area contributed by atoms with E-state index in [1.807, 2.05) is 0 Å². The zero-order chi connectivity index (χ0) is 3.58. The van der Waals surface area contributed by atoms with Crippen molar-refractivity contribution in [3.8, 4) is 0 Å². The molecule has 0 unspecified atom stereocenters. The van der Waals surface area contributed by atoms with E-state index < -0.39 is 11.4 Å². The molecular weight excluding hydrogens is 172 g/mol. The summed E-state index contributed by atoms with van der Waals surface area (Å²) >= 11 is -2.61. The predicted octanol–water partition coefficient (Wildman–Crippen LogP) is -1.51. The summed E-state index contributed by atoms with van der Waals surface area (Å²) in [5.74, 6) is 0. The third-order valence-electron chi connectivity index (χ3n) is 0. The molecule has 0 rings (SSSR count). The van der Waals surface area contributed by atoms with Gasteiger partial charge in [0, 0.05) is 19.5 Å². The van der Waals surface area contributed by atoms with Gasteiger partial charge in [0.2, 0.25) is 0 Å². The molecule has 0 spiro atoms. The molecule has 0 fully saturated rings. The van der Waals surface area contributed by atoms with Gasteiger partial charge < -0.3 is 0 Å². The van der Waals surface area contributed by atoms with Gasteiger partial charge in [0.1, 0.15) is 0 Å². The van der Waals surface area contributed by atoms with Crippen LogP contribution >= 0.6 is 0 Å². The topological polar surface area (TPSA) is 57.5 Å². The molecule has 0 saturated heterocycles. The van der Waals surface area contributed by atoms with Gasteiger partial charge >= 0.3 is 0 Å². The van der Waals surface area contributed by atoms with Crippen molar-refractivity contribution in [2.75, 3.05) is 0 Å². The van der Waals surface area contributed by atoms with E-state index in [-0.39, 0.29) is 36.8 Å². The summed E-state index contributed by atoms with van der Waals surface area (Å²) in [6.07, 6.45) is 0. The van der Waals surface area contributed by atoms with Crippen molar-refractivity contribution in [2.24, 2.45) is 0 Å². The fourth-order valence-corrected chi connectivity index (χ4v) is 0. The van der Waals surface area contributed by atoms with Crippen LogP contribution in [-0.4, -0.2) is 30.7 Å². The monoisotopic (exact) mass is 176 g/mol. The molecule has 6 heteroatoms. The van der Waals surface area contributed by atoms with E-state index in [0.717, 1.165) is 0 Å². The van der Waals surface area contributed by atoms with Gasteiger partial charge in [0.05, 0.1) is 0 Å². The third kappa shape index (κ3) is 62.1. The van der Waals surface area contributed by atoms with Crippen molar-refractivity contribution < 1.29 is 32.8 Å². The number of hydrogen-bond donors (Lipinski definition) is 2. The molecule has 0 saturated carbocycles. The fraction of sp³-hybridized carbons (Fsp3) is 0. The van der Waals surface area contributed by atoms with Gasteiger partial charge in [-0.2, -0.15) is 4.21 Å². The Labute approximate surface area is 61.5 Å². The zero-order valence-electron chi connectivity index (χ0n) is 2.42. The summed E-state index contributed by atoms with van der Waals surface area (Å²) in [4.78, 5) is 0. The minimum Gasteiger partial charge on any atom is -0.284 e. The van der Waals surface area contributed by atoms with Crippen molar-refractivity contribution >= 4 is 28.7 Å². The van der Waals surface area contributed by atoms with Crippen molar-refractivity contribution in [3.63, 3.8) is 0 Å². The fourth-order valence-electron chi connectivity index (χ4n) is 0. The maximum atomic E-state index is 8.67. The Morgan fingerprint density at radius 1 is 1.33 bits per heavy atom. The Hall–Kier alpha value is 1.23. The minimum absolute atomic E-state index is 0. The van der Waals surface area contributed by atoms with Crippen LogP contribution in [0, 0.1) is 0 Å². The molecule has 0 aromatic carbocycles. The predicted molar refractivity (Wildman–Crippen MR) is 23.3 cm³/mol. The van der Waals surface area contributed by atoms with Crippen LogP contribution < -0.4 is 0 Å². The first-order valence-corrected chi connectivity index (χ1v) is 1.60. The Bertz CT molecular complexity index is 33.8. The molecule has 3 nitrogen and oxygen atoms in total. The van der Waals surface area contributed by atoms with Crippen LogP contribution in [0.1, 0.15) is 0 Å². The van der Waals surface area contributed by atoms with Gasteiger partial charge in [-0.25, -0.2) is 0 Å². The van der Waals surface area contributed by atoms with Gasteiger partial charge in [0.15, 0.2) is 17.4 Å². The van der Waals surface area contributed by atoms with E-state index in [4.69, 9.17) is 13.3 Å². The largest absolute Gasteiger partial charge is 0.299 e. The Balaban J connectivity index is -0.0000000450. The van der Waals surface area contributed by atoms with E-state index in [9.17, 15) is 0 Å². The van der Waals surface area contributed by atoms with Gasteiger partial charge in [0.25, 0.3) is 11.4 Å². The first kappa shape index (κ1) is 15.7. The van der Waals surface area contributed by atoms with Crippen molar-refractivity contribution in [1.82, 2.24) is 0 Å². The Kier molecular flexibility index (Phi) is 24.9. The average Bonchev–Trinajstić information content (AvgIpc) is 0.811. The van der Waals surface area contributed by atoms with E-state index in [2.05, 4.69) is 0 Å². The normalized spacial score (nSPS) is 5.83. The van der Waals surface area contributed by atoms with Gasteiger partial charge in [-0.15, -0.1) is 0 Å². The molecule has 2 N–H and O–H groups in total. The standard InChI is InChI=1S/Al.H2O3S.Zn.3H/c;1-4(2)3;;;;/h;(H2,1,2,3);;;;. The van der Waals surface area contributed by atoms with Crippen LogP contribution in [0.5, 0.6) is 0 Å². The molecule has 6 heavy (non-hydrogen) atoms. The smallest absolute Gasteiger partial charge is 0.284 e. The van der Waals surface area contributed by atoms with Crippen LogP contribution in [0.3, 0.4) is 0 Å². The maximum absolute atomic E-state index is 8.67. The van der Waals surface area contributed by atoms with Gasteiger partial charge in [-0.3, -0.25) is 9.11 Å². The Morgan fingerprint density at radius 2 is 1.33 bits per heavy atom. The summed E-state index contributed by atoms with van der Waals surface area (Å²) < 4.78 is 22.8. The summed E-state index contributed by atoms with van der Waals surface area (Å²) in [6.45, 7) is 0. The summed E-state index contributed by atoms with van der Waals surface area (Å²) in [7, 11) is 0. The van der Waals surface area contributed by atoms with E-state index in [1.165, 1.54) is 0 Å². The molecule has 0 aliphatic heterocycles. The molecule has 0 heterocycles. The minimum atomic E-state index is -2.61. The van der Waals surface area contributed by atoms with Crippen LogP contribution in [0.25, 0.3) is 0 Å². The quantitative estimate of drug-likeness (QED) is 0.350. The molecule has 34 valence electrons. The molecule has 0 aromatic rings. The second kappa shape index (κ2) is 9.52. The molecular formula is H5AlO3SZn. The van der Waals surface area contributed by atoms with Crippen LogP contribution in [0.4, 0.5) is 0 Å².